The number of carbonyl (C=O) groups is 1. The van der Waals surface area contributed by atoms with Crippen molar-refractivity contribution in [1.29, 1.82) is 0 Å². The van der Waals surface area contributed by atoms with E-state index < -0.39 is 11.9 Å². The fraction of sp³-hybridized carbons (Fsp3) is 0.300. The first-order valence-electron chi connectivity index (χ1n) is 9.46. The van der Waals surface area contributed by atoms with Crippen molar-refractivity contribution >= 4 is 23.4 Å². The largest absolute Gasteiger partial charge is 0.435 e. The molecule has 31 heavy (non-hydrogen) atoms. The van der Waals surface area contributed by atoms with E-state index in [1.165, 1.54) is 11.7 Å². The van der Waals surface area contributed by atoms with Gasteiger partial charge in [-0.25, -0.2) is 4.98 Å². The molecule has 1 aliphatic heterocycles. The van der Waals surface area contributed by atoms with Gasteiger partial charge in [0.05, 0.1) is 17.9 Å². The highest BCUT2D eigenvalue weighted by molar-refractivity contribution is 6.00. The zero-order valence-corrected chi connectivity index (χ0v) is 17.1. The number of nitrogens with zero attached hydrogens (tertiary/aromatic N) is 5. The summed E-state index contributed by atoms with van der Waals surface area (Å²) in [5.74, 6) is 0.949. The second kappa shape index (κ2) is 7.56. The van der Waals surface area contributed by atoms with Gasteiger partial charge in [-0.05, 0) is 24.1 Å². The number of nitrogens with one attached hydrogen (secondary N) is 2. The molecule has 4 rings (SSSR count). The van der Waals surface area contributed by atoms with Crippen molar-refractivity contribution in [2.24, 2.45) is 7.05 Å². The molecule has 0 aliphatic carbocycles. The maximum atomic E-state index is 12.9. The summed E-state index contributed by atoms with van der Waals surface area (Å²) < 4.78 is 39.9. The van der Waals surface area contributed by atoms with Gasteiger partial charge in [-0.15, -0.1) is 0 Å². The van der Waals surface area contributed by atoms with E-state index >= 15 is 0 Å². The third-order valence-corrected chi connectivity index (χ3v) is 4.95. The quantitative estimate of drug-likeness (QED) is 0.660. The molecule has 0 saturated heterocycles. The summed E-state index contributed by atoms with van der Waals surface area (Å²) in [6.45, 7) is 2.44. The van der Waals surface area contributed by atoms with Crippen LogP contribution in [0.1, 0.15) is 17.0 Å². The normalized spacial score (nSPS) is 13.7. The van der Waals surface area contributed by atoms with Gasteiger partial charge in [-0.1, -0.05) is 24.3 Å². The molecule has 2 N–H and O–H groups in total. The molecule has 0 radical (unpaired) electrons. The number of hydrogen-bond donors (Lipinski definition) is 2. The smallest absolute Gasteiger partial charge is 0.350 e. The van der Waals surface area contributed by atoms with Crippen LogP contribution in [-0.2, 0) is 24.6 Å². The van der Waals surface area contributed by atoms with Crippen LogP contribution in [-0.4, -0.2) is 39.2 Å². The molecule has 8 nitrogen and oxygen atoms in total. The number of fused-ring (bicyclic) bond motifs is 1. The first-order valence-corrected chi connectivity index (χ1v) is 9.46. The Morgan fingerprint density at radius 2 is 1.87 bits per heavy atom. The number of aryl methyl sites for hydroxylation is 2. The van der Waals surface area contributed by atoms with Crippen LogP contribution in [0.25, 0.3) is 11.3 Å². The van der Waals surface area contributed by atoms with Crippen LogP contribution >= 0.6 is 0 Å². The lowest BCUT2D eigenvalue weighted by Crippen LogP contribution is -2.36. The Hall–Kier alpha value is -3.63. The Morgan fingerprint density at radius 1 is 1.16 bits per heavy atom. The van der Waals surface area contributed by atoms with E-state index in [0.717, 1.165) is 11.6 Å². The lowest BCUT2D eigenvalue weighted by Gasteiger charge is -2.27. The maximum absolute atomic E-state index is 12.9. The average Bonchev–Trinajstić information content (AvgIpc) is 3.10. The molecule has 3 aromatic rings. The molecule has 0 spiro atoms. The topological polar surface area (TPSA) is 88.0 Å². The van der Waals surface area contributed by atoms with Crippen molar-refractivity contribution in [2.75, 3.05) is 29.1 Å². The predicted molar refractivity (Wildman–Crippen MR) is 110 cm³/mol. The van der Waals surface area contributed by atoms with Gasteiger partial charge in [0, 0.05) is 20.6 Å². The highest BCUT2D eigenvalue weighted by atomic mass is 19.4. The van der Waals surface area contributed by atoms with E-state index in [9.17, 15) is 18.0 Å². The Kier molecular flexibility index (Phi) is 5.03. The highest BCUT2D eigenvalue weighted by Crippen LogP contribution is 2.32. The number of rotatable bonds is 4. The van der Waals surface area contributed by atoms with Crippen molar-refractivity contribution in [3.05, 3.63) is 47.3 Å². The molecule has 0 saturated carbocycles. The number of halogens is 3. The standard InChI is InChI=1S/C20H20F3N7O/c1-11-17-18(29(2)10-16(31)26-17)27-19(25-11)24-9-12-4-6-13(7-5-12)14-8-15(20(21,22)23)28-30(14)3/h4-8H,9-10H2,1-3H3,(H,26,31)(H,24,25,27). The summed E-state index contributed by atoms with van der Waals surface area (Å²) in [5, 5.41) is 9.48. The fourth-order valence-corrected chi connectivity index (χ4v) is 3.38. The molecule has 1 amide bonds. The van der Waals surface area contributed by atoms with E-state index in [4.69, 9.17) is 0 Å². The maximum Gasteiger partial charge on any atom is 0.435 e. The van der Waals surface area contributed by atoms with Gasteiger partial charge in [-0.2, -0.15) is 23.3 Å². The Balaban J connectivity index is 1.49. The summed E-state index contributed by atoms with van der Waals surface area (Å²) in [6.07, 6.45) is -4.48. The number of likely N-dealkylation sites (N-methyl/N-ethyl adjacent to an activating group) is 1. The minimum Gasteiger partial charge on any atom is -0.350 e. The second-order valence-electron chi connectivity index (χ2n) is 7.32. The van der Waals surface area contributed by atoms with E-state index in [2.05, 4.69) is 25.7 Å². The van der Waals surface area contributed by atoms with Crippen LogP contribution < -0.4 is 15.5 Å². The first kappa shape index (κ1) is 20.6. The molecule has 162 valence electrons. The van der Waals surface area contributed by atoms with Gasteiger partial charge in [0.25, 0.3) is 0 Å². The van der Waals surface area contributed by atoms with E-state index in [1.54, 1.807) is 31.0 Å². The van der Waals surface area contributed by atoms with Crippen LogP contribution in [0.2, 0.25) is 0 Å². The van der Waals surface area contributed by atoms with Crippen molar-refractivity contribution in [3.63, 3.8) is 0 Å². The molecule has 3 heterocycles. The first-order chi connectivity index (χ1) is 14.6. The summed E-state index contributed by atoms with van der Waals surface area (Å²) >= 11 is 0. The average molecular weight is 431 g/mol. The lowest BCUT2D eigenvalue weighted by atomic mass is 10.1. The van der Waals surface area contributed by atoms with Crippen LogP contribution in [0.5, 0.6) is 0 Å². The van der Waals surface area contributed by atoms with E-state index in [-0.39, 0.29) is 12.5 Å². The van der Waals surface area contributed by atoms with Gasteiger partial charge in [0.1, 0.15) is 5.69 Å². The Morgan fingerprint density at radius 3 is 2.52 bits per heavy atom. The van der Waals surface area contributed by atoms with Crippen LogP contribution in [0.3, 0.4) is 0 Å². The molecule has 11 heteroatoms. The molecule has 0 fully saturated rings. The van der Waals surface area contributed by atoms with Gasteiger partial charge in [0.15, 0.2) is 11.5 Å². The second-order valence-corrected chi connectivity index (χ2v) is 7.32. The molecule has 1 aliphatic rings. The number of anilines is 3. The van der Waals surface area contributed by atoms with Gasteiger partial charge in [-0.3, -0.25) is 9.48 Å². The molecule has 2 aromatic heterocycles. The van der Waals surface area contributed by atoms with Crippen LogP contribution in [0.15, 0.2) is 30.3 Å². The summed E-state index contributed by atoms with van der Waals surface area (Å²) in [7, 11) is 3.27. The number of benzene rings is 1. The van der Waals surface area contributed by atoms with Gasteiger partial charge >= 0.3 is 6.18 Å². The van der Waals surface area contributed by atoms with Gasteiger partial charge < -0.3 is 15.5 Å². The monoisotopic (exact) mass is 431 g/mol. The molecule has 0 atom stereocenters. The fourth-order valence-electron chi connectivity index (χ4n) is 3.38. The molecule has 0 bridgehead atoms. The van der Waals surface area contributed by atoms with Crippen LogP contribution in [0.4, 0.5) is 30.6 Å². The van der Waals surface area contributed by atoms with Crippen molar-refractivity contribution in [3.8, 4) is 11.3 Å². The predicted octanol–water partition coefficient (Wildman–Crippen LogP) is 3.20. The number of hydrogen-bond acceptors (Lipinski definition) is 6. The SMILES string of the molecule is Cc1nc(NCc2ccc(-c3cc(C(F)(F)F)nn3C)cc2)nc2c1NC(=O)CN2C. The minimum atomic E-state index is -4.48. The highest BCUT2D eigenvalue weighted by Gasteiger charge is 2.34. The third kappa shape index (κ3) is 4.16. The lowest BCUT2D eigenvalue weighted by molar-refractivity contribution is -0.141. The summed E-state index contributed by atoms with van der Waals surface area (Å²) in [6, 6.07) is 8.17. The zero-order valence-electron chi connectivity index (χ0n) is 17.1. The number of alkyl halides is 3. The number of carbonyl (C=O) groups excluding carboxylic acids is 1. The van der Waals surface area contributed by atoms with Crippen LogP contribution in [0, 0.1) is 6.92 Å². The molecular weight excluding hydrogens is 411 g/mol. The third-order valence-electron chi connectivity index (χ3n) is 4.95. The van der Waals surface area contributed by atoms with E-state index in [0.29, 0.717) is 40.9 Å². The number of amides is 1. The van der Waals surface area contributed by atoms with Crippen molar-refractivity contribution in [1.82, 2.24) is 19.7 Å². The molecule has 1 aromatic carbocycles. The van der Waals surface area contributed by atoms with Gasteiger partial charge in [0.2, 0.25) is 11.9 Å². The minimum absolute atomic E-state index is 0.113. The Labute approximate surface area is 176 Å². The molecule has 0 unspecified atom stereocenters. The van der Waals surface area contributed by atoms with Crippen molar-refractivity contribution in [2.45, 2.75) is 19.6 Å². The summed E-state index contributed by atoms with van der Waals surface area (Å²) in [4.78, 5) is 22.3. The summed E-state index contributed by atoms with van der Waals surface area (Å²) in [5.41, 5.74) is 2.25. The molecular formula is C20H20F3N7O. The van der Waals surface area contributed by atoms with Crippen molar-refractivity contribution < 1.29 is 18.0 Å². The van der Waals surface area contributed by atoms with E-state index in [1.807, 2.05) is 12.1 Å². The zero-order chi connectivity index (χ0) is 22.3. The number of aromatic nitrogens is 4. The Bertz CT molecular complexity index is 1140.